The lowest BCUT2D eigenvalue weighted by Crippen LogP contribution is -2.39. The minimum Gasteiger partial charge on any atom is -0.493 e. The summed E-state index contributed by atoms with van der Waals surface area (Å²) in [7, 11) is 0. The topological polar surface area (TPSA) is 87.6 Å². The van der Waals surface area contributed by atoms with E-state index in [2.05, 4.69) is 70.2 Å². The third kappa shape index (κ3) is 6.71. The Bertz CT molecular complexity index is 1020. The van der Waals surface area contributed by atoms with Gasteiger partial charge in [0.1, 0.15) is 11.8 Å². The molecule has 5 nitrogen and oxygen atoms in total. The standard InChI is InChI=1S/C29H40N2O3/c1-20-12-13-23(29(2,3)4)18-24(20)22-16-21-10-9-11-27(25(21)17-22)33-14-7-5-6-8-15-34-28(32)26(31)19-30/h9-13,17-18,26H,5-8,14-16,19,30-31H2,1-4H3. The molecule has 184 valence electrons. The predicted octanol–water partition coefficient (Wildman–Crippen LogP) is 5.16. The van der Waals surface area contributed by atoms with Crippen LogP contribution in [0.3, 0.4) is 0 Å². The number of hydrogen-bond acceptors (Lipinski definition) is 5. The molecular formula is C29H40N2O3. The Morgan fingerprint density at radius 2 is 1.79 bits per heavy atom. The minimum absolute atomic E-state index is 0.110. The normalized spacial score (nSPS) is 13.9. The van der Waals surface area contributed by atoms with E-state index in [9.17, 15) is 4.79 Å². The predicted molar refractivity (Wildman–Crippen MR) is 140 cm³/mol. The summed E-state index contributed by atoms with van der Waals surface area (Å²) in [6, 6.07) is 12.5. The molecule has 1 unspecified atom stereocenters. The molecule has 4 N–H and O–H groups in total. The van der Waals surface area contributed by atoms with Crippen molar-refractivity contribution in [2.45, 2.75) is 71.3 Å². The maximum absolute atomic E-state index is 11.5. The number of esters is 1. The van der Waals surface area contributed by atoms with E-state index in [0.717, 1.165) is 37.9 Å². The van der Waals surface area contributed by atoms with Crippen molar-refractivity contribution < 1.29 is 14.3 Å². The summed E-state index contributed by atoms with van der Waals surface area (Å²) in [4.78, 5) is 11.5. The van der Waals surface area contributed by atoms with Crippen LogP contribution in [-0.2, 0) is 21.4 Å². The fourth-order valence-electron chi connectivity index (χ4n) is 4.19. The van der Waals surface area contributed by atoms with Gasteiger partial charge in [-0.05, 0) is 84.4 Å². The van der Waals surface area contributed by atoms with Gasteiger partial charge in [0.25, 0.3) is 0 Å². The Hall–Kier alpha value is -2.63. The lowest BCUT2D eigenvalue weighted by molar-refractivity contribution is -0.145. The molecule has 2 aromatic rings. The van der Waals surface area contributed by atoms with Gasteiger partial charge in [-0.15, -0.1) is 0 Å². The van der Waals surface area contributed by atoms with Crippen molar-refractivity contribution in [2.24, 2.45) is 11.5 Å². The van der Waals surface area contributed by atoms with Crippen LogP contribution < -0.4 is 16.2 Å². The van der Waals surface area contributed by atoms with E-state index < -0.39 is 12.0 Å². The Labute approximate surface area is 204 Å². The van der Waals surface area contributed by atoms with Crippen LogP contribution >= 0.6 is 0 Å². The number of benzene rings is 2. The van der Waals surface area contributed by atoms with E-state index in [1.54, 1.807) is 0 Å². The highest BCUT2D eigenvalue weighted by molar-refractivity contribution is 5.91. The van der Waals surface area contributed by atoms with Crippen LogP contribution in [0.2, 0.25) is 0 Å². The van der Waals surface area contributed by atoms with E-state index in [4.69, 9.17) is 20.9 Å². The molecule has 1 aliphatic carbocycles. The zero-order valence-electron chi connectivity index (χ0n) is 21.2. The molecule has 0 saturated carbocycles. The second kappa shape index (κ2) is 11.7. The van der Waals surface area contributed by atoms with Crippen LogP contribution in [0.1, 0.15) is 74.3 Å². The Morgan fingerprint density at radius 1 is 1.06 bits per heavy atom. The number of carbonyl (C=O) groups is 1. The maximum atomic E-state index is 11.5. The number of nitrogens with two attached hydrogens (primary N) is 2. The van der Waals surface area contributed by atoms with Crippen molar-refractivity contribution in [3.05, 3.63) is 64.2 Å². The second-order valence-electron chi connectivity index (χ2n) is 10.2. The third-order valence-corrected chi connectivity index (χ3v) is 6.40. The molecule has 34 heavy (non-hydrogen) atoms. The van der Waals surface area contributed by atoms with Gasteiger partial charge in [-0.25, -0.2) is 0 Å². The molecule has 0 radical (unpaired) electrons. The summed E-state index contributed by atoms with van der Waals surface area (Å²) in [6.07, 6.45) is 7.03. The molecule has 0 saturated heterocycles. The van der Waals surface area contributed by atoms with Crippen LogP contribution in [-0.4, -0.2) is 31.8 Å². The summed E-state index contributed by atoms with van der Waals surface area (Å²) in [6.45, 7) is 10.1. The van der Waals surface area contributed by atoms with Crippen molar-refractivity contribution in [2.75, 3.05) is 19.8 Å². The smallest absolute Gasteiger partial charge is 0.324 e. The number of unbranched alkanes of at least 4 members (excludes halogenated alkanes) is 3. The van der Waals surface area contributed by atoms with E-state index in [-0.39, 0.29) is 12.0 Å². The van der Waals surface area contributed by atoms with Crippen molar-refractivity contribution >= 4 is 17.6 Å². The molecule has 0 bridgehead atoms. The number of allylic oxidation sites excluding steroid dienone is 1. The van der Waals surface area contributed by atoms with E-state index >= 15 is 0 Å². The highest BCUT2D eigenvalue weighted by Gasteiger charge is 2.21. The number of hydrogen-bond donors (Lipinski definition) is 2. The SMILES string of the molecule is Cc1ccc(C(C)(C)C)cc1C1=Cc2c(cccc2OCCCCCCOC(=O)C(N)CN)C1. The van der Waals surface area contributed by atoms with Crippen molar-refractivity contribution in [1.82, 2.24) is 0 Å². The second-order valence-corrected chi connectivity index (χ2v) is 10.2. The van der Waals surface area contributed by atoms with E-state index in [0.29, 0.717) is 13.2 Å². The first-order chi connectivity index (χ1) is 16.2. The van der Waals surface area contributed by atoms with E-state index in [1.165, 1.54) is 33.4 Å². The van der Waals surface area contributed by atoms with Crippen molar-refractivity contribution in [3.63, 3.8) is 0 Å². The molecule has 0 heterocycles. The number of carbonyl (C=O) groups excluding carboxylic acids is 1. The largest absolute Gasteiger partial charge is 0.493 e. The van der Waals surface area contributed by atoms with Gasteiger partial charge in [-0.2, -0.15) is 0 Å². The van der Waals surface area contributed by atoms with Crippen LogP contribution in [0.5, 0.6) is 5.75 Å². The van der Waals surface area contributed by atoms with Crippen molar-refractivity contribution in [1.29, 1.82) is 0 Å². The molecule has 0 aromatic heterocycles. The molecule has 1 atom stereocenters. The highest BCUT2D eigenvalue weighted by atomic mass is 16.5. The van der Waals surface area contributed by atoms with Gasteiger partial charge in [-0.3, -0.25) is 4.79 Å². The lowest BCUT2D eigenvalue weighted by Gasteiger charge is -2.21. The Balaban J connectivity index is 1.52. The molecule has 0 fully saturated rings. The van der Waals surface area contributed by atoms with Gasteiger partial charge in [0.05, 0.1) is 13.2 Å². The summed E-state index contributed by atoms with van der Waals surface area (Å²) in [5.74, 6) is 0.540. The molecule has 0 aliphatic heterocycles. The first-order valence-electron chi connectivity index (χ1n) is 12.4. The quantitative estimate of drug-likeness (QED) is 0.354. The zero-order valence-corrected chi connectivity index (χ0v) is 21.2. The lowest BCUT2D eigenvalue weighted by atomic mass is 9.84. The summed E-state index contributed by atoms with van der Waals surface area (Å²) in [5, 5.41) is 0. The highest BCUT2D eigenvalue weighted by Crippen LogP contribution is 2.39. The monoisotopic (exact) mass is 464 g/mol. The average molecular weight is 465 g/mol. The molecule has 3 rings (SSSR count). The van der Waals surface area contributed by atoms with Gasteiger partial charge >= 0.3 is 5.97 Å². The maximum Gasteiger partial charge on any atom is 0.324 e. The first kappa shape index (κ1) is 26.0. The van der Waals surface area contributed by atoms with Crippen LogP contribution in [0.15, 0.2) is 36.4 Å². The third-order valence-electron chi connectivity index (χ3n) is 6.40. The average Bonchev–Trinajstić information content (AvgIpc) is 3.24. The number of rotatable bonds is 11. The summed E-state index contributed by atoms with van der Waals surface area (Å²) >= 11 is 0. The van der Waals surface area contributed by atoms with Crippen LogP contribution in [0.25, 0.3) is 11.6 Å². The van der Waals surface area contributed by atoms with Crippen LogP contribution in [0, 0.1) is 6.92 Å². The zero-order chi connectivity index (χ0) is 24.7. The molecule has 5 heteroatoms. The first-order valence-corrected chi connectivity index (χ1v) is 12.4. The number of ether oxygens (including phenoxy) is 2. The van der Waals surface area contributed by atoms with Gasteiger partial charge in [0, 0.05) is 12.1 Å². The number of aryl methyl sites for hydroxylation is 1. The summed E-state index contributed by atoms with van der Waals surface area (Å²) in [5.41, 5.74) is 18.9. The van der Waals surface area contributed by atoms with E-state index in [1.807, 2.05) is 0 Å². The van der Waals surface area contributed by atoms with Gasteiger partial charge in [0.15, 0.2) is 0 Å². The van der Waals surface area contributed by atoms with Crippen LogP contribution in [0.4, 0.5) is 0 Å². The minimum atomic E-state index is -0.720. The van der Waals surface area contributed by atoms with Gasteiger partial charge in [0.2, 0.25) is 0 Å². The fourth-order valence-corrected chi connectivity index (χ4v) is 4.19. The van der Waals surface area contributed by atoms with Crippen molar-refractivity contribution in [3.8, 4) is 5.75 Å². The molecule has 1 aliphatic rings. The molecule has 0 amide bonds. The Kier molecular flexibility index (Phi) is 8.92. The number of fused-ring (bicyclic) bond motifs is 1. The van der Waals surface area contributed by atoms with Gasteiger partial charge in [-0.1, -0.05) is 51.1 Å². The van der Waals surface area contributed by atoms with Gasteiger partial charge < -0.3 is 20.9 Å². The molecule has 2 aromatic carbocycles. The summed E-state index contributed by atoms with van der Waals surface area (Å²) < 4.78 is 11.3. The fraction of sp³-hybridized carbons (Fsp3) is 0.483. The molecular weight excluding hydrogens is 424 g/mol. The Morgan fingerprint density at radius 3 is 2.50 bits per heavy atom. The molecule has 0 spiro atoms.